The van der Waals surface area contributed by atoms with E-state index in [1.807, 2.05) is 26.0 Å². The number of unbranched alkanes of at least 4 members (excludes halogenated alkanes) is 1. The minimum atomic E-state index is -0.294. The van der Waals surface area contributed by atoms with Crippen LogP contribution in [0.1, 0.15) is 82.0 Å². The minimum absolute atomic E-state index is 0.119. The number of methoxy groups -OCH3 is 1. The van der Waals surface area contributed by atoms with Gasteiger partial charge < -0.3 is 35.3 Å². The Morgan fingerprint density at radius 2 is 1.62 bits per heavy atom. The number of amides is 3. The van der Waals surface area contributed by atoms with Gasteiger partial charge in [-0.3, -0.25) is 9.69 Å². The van der Waals surface area contributed by atoms with Crippen molar-refractivity contribution in [1.29, 1.82) is 0 Å². The normalized spacial score (nSPS) is 18.9. The molecule has 10 nitrogen and oxygen atoms in total. The second kappa shape index (κ2) is 16.0. The van der Waals surface area contributed by atoms with Gasteiger partial charge in [0.2, 0.25) is 0 Å². The number of carbonyl (C=O) groups excluding carboxylic acids is 2. The van der Waals surface area contributed by atoms with Crippen LogP contribution >= 0.6 is 0 Å². The number of piperidine rings is 1. The third-order valence-corrected chi connectivity index (χ3v) is 9.25. The van der Waals surface area contributed by atoms with Crippen molar-refractivity contribution in [3.8, 4) is 23.0 Å². The van der Waals surface area contributed by atoms with Crippen molar-refractivity contribution in [3.05, 3.63) is 72.3 Å². The molecule has 252 valence electrons. The first kappa shape index (κ1) is 34.1. The highest BCUT2D eigenvalue weighted by Crippen LogP contribution is 2.45. The molecule has 2 saturated heterocycles. The van der Waals surface area contributed by atoms with Crippen LogP contribution in [0.25, 0.3) is 0 Å². The number of fused-ring (bicyclic) bond motifs is 2. The largest absolute Gasteiger partial charge is 0.493 e. The smallest absolute Gasteiger partial charge is 0.319 e. The van der Waals surface area contributed by atoms with E-state index in [0.29, 0.717) is 40.2 Å². The first-order valence-corrected chi connectivity index (χ1v) is 16.9. The molecule has 2 aliphatic rings. The zero-order valence-electron chi connectivity index (χ0n) is 27.7. The monoisotopic (exact) mass is 644 g/mol. The molecule has 47 heavy (non-hydrogen) atoms. The molecule has 2 fully saturated rings. The number of hydrogen-bond donors (Lipinski definition) is 4. The van der Waals surface area contributed by atoms with Crippen LogP contribution in [0.5, 0.6) is 23.0 Å². The molecular formula is C37H48N4O6. The molecule has 4 N–H and O–H groups in total. The molecular weight excluding hydrogens is 596 g/mol. The number of aliphatic hydroxyl groups is 1. The van der Waals surface area contributed by atoms with E-state index >= 15 is 0 Å². The second-order valence-electron chi connectivity index (χ2n) is 12.3. The van der Waals surface area contributed by atoms with Gasteiger partial charge in [0, 0.05) is 61.1 Å². The van der Waals surface area contributed by atoms with Gasteiger partial charge in [0.05, 0.1) is 7.11 Å². The first-order chi connectivity index (χ1) is 22.9. The van der Waals surface area contributed by atoms with Crippen molar-refractivity contribution in [2.45, 2.75) is 89.4 Å². The average Bonchev–Trinajstić information content (AvgIpc) is 3.26. The van der Waals surface area contributed by atoms with E-state index in [1.54, 1.807) is 61.7 Å². The predicted octanol–water partition coefficient (Wildman–Crippen LogP) is 7.55. The van der Waals surface area contributed by atoms with Gasteiger partial charge in [0.15, 0.2) is 17.2 Å². The zero-order chi connectivity index (χ0) is 33.2. The lowest BCUT2D eigenvalue weighted by Gasteiger charge is -2.44. The van der Waals surface area contributed by atoms with E-state index in [2.05, 4.69) is 20.9 Å². The predicted molar refractivity (Wildman–Crippen MR) is 184 cm³/mol. The molecule has 3 aromatic carbocycles. The molecule has 0 radical (unpaired) electrons. The number of nitrogens with zero attached hydrogens (tertiary/aromatic N) is 1. The third kappa shape index (κ3) is 8.55. The van der Waals surface area contributed by atoms with Crippen molar-refractivity contribution >= 4 is 23.3 Å². The van der Waals surface area contributed by atoms with Crippen molar-refractivity contribution in [2.75, 3.05) is 30.9 Å². The highest BCUT2D eigenvalue weighted by atomic mass is 16.5. The SMILES string of the molecule is CCC(CC)NC(=O)Nc1ccc(Oc2ccc(NC(=O)c3ccc(OC45CCCC(CC4)N5CCCCO)cc3)cc2)c(OC)c1. The number of carbonyl (C=O) groups is 2. The van der Waals surface area contributed by atoms with Crippen molar-refractivity contribution in [1.82, 2.24) is 10.2 Å². The number of aliphatic hydroxyl groups excluding tert-OH is 1. The standard InChI is InChI=1S/C37H48N4O6/c1-4-27(5-2)39-36(44)40-29-14-19-33(34(25-29)45-3)46-31-17-12-28(13-18-31)38-35(43)26-10-15-32(16-11-26)47-37-21-8-9-30(20-22-37)41(37)23-6-7-24-42/h10-19,25,27,30,42H,4-9,20-24H2,1-3H3,(H,38,43)(H2,39,40,44). The van der Waals surface area contributed by atoms with E-state index in [-0.39, 0.29) is 30.3 Å². The Bertz CT molecular complexity index is 1470. The summed E-state index contributed by atoms with van der Waals surface area (Å²) < 4.78 is 18.2. The molecule has 0 aromatic heterocycles. The summed E-state index contributed by atoms with van der Waals surface area (Å²) in [7, 11) is 1.54. The number of anilines is 2. The quantitative estimate of drug-likeness (QED) is 0.126. The Labute approximate surface area is 277 Å². The lowest BCUT2D eigenvalue weighted by Crippen LogP contribution is -2.54. The van der Waals surface area contributed by atoms with Crippen LogP contribution in [-0.4, -0.2) is 60.0 Å². The summed E-state index contributed by atoms with van der Waals surface area (Å²) in [4.78, 5) is 27.9. The summed E-state index contributed by atoms with van der Waals surface area (Å²) in [6.07, 6.45) is 8.99. The summed E-state index contributed by atoms with van der Waals surface area (Å²) in [5.41, 5.74) is 1.47. The highest BCUT2D eigenvalue weighted by molar-refractivity contribution is 6.04. The summed E-state index contributed by atoms with van der Waals surface area (Å²) >= 11 is 0. The second-order valence-corrected chi connectivity index (χ2v) is 12.3. The summed E-state index contributed by atoms with van der Waals surface area (Å²) in [6.45, 7) is 5.23. The van der Waals surface area contributed by atoms with Gasteiger partial charge in [-0.1, -0.05) is 13.8 Å². The van der Waals surface area contributed by atoms with Gasteiger partial charge in [-0.2, -0.15) is 0 Å². The number of urea groups is 1. The fraction of sp³-hybridized carbons (Fsp3) is 0.459. The topological polar surface area (TPSA) is 121 Å². The van der Waals surface area contributed by atoms with Gasteiger partial charge in [0.25, 0.3) is 5.91 Å². The Balaban J connectivity index is 1.15. The van der Waals surface area contributed by atoms with Crippen LogP contribution in [0.2, 0.25) is 0 Å². The molecule has 2 unspecified atom stereocenters. The van der Waals surface area contributed by atoms with E-state index in [9.17, 15) is 14.7 Å². The van der Waals surface area contributed by atoms with Gasteiger partial charge >= 0.3 is 6.03 Å². The maximum absolute atomic E-state index is 13.0. The van der Waals surface area contributed by atoms with Gasteiger partial charge in [-0.15, -0.1) is 0 Å². The van der Waals surface area contributed by atoms with Crippen LogP contribution in [0.3, 0.4) is 0 Å². The molecule has 0 aliphatic carbocycles. The molecule has 3 amide bonds. The van der Waals surface area contributed by atoms with Crippen LogP contribution in [0.4, 0.5) is 16.2 Å². The lowest BCUT2D eigenvalue weighted by molar-refractivity contribution is -0.0980. The zero-order valence-corrected chi connectivity index (χ0v) is 27.7. The van der Waals surface area contributed by atoms with E-state index in [1.165, 1.54) is 6.42 Å². The summed E-state index contributed by atoms with van der Waals surface area (Å²) in [6, 6.07) is 20.0. The van der Waals surface area contributed by atoms with Gasteiger partial charge in [0.1, 0.15) is 11.5 Å². The fourth-order valence-corrected chi connectivity index (χ4v) is 6.65. The van der Waals surface area contributed by atoms with E-state index < -0.39 is 0 Å². The van der Waals surface area contributed by atoms with E-state index in [4.69, 9.17) is 14.2 Å². The van der Waals surface area contributed by atoms with Gasteiger partial charge in [-0.25, -0.2) is 4.79 Å². The number of benzene rings is 3. The number of nitrogens with one attached hydrogen (secondary N) is 3. The van der Waals surface area contributed by atoms with Gasteiger partial charge in [-0.05, 0) is 106 Å². The number of hydrogen-bond acceptors (Lipinski definition) is 7. The van der Waals surface area contributed by atoms with Crippen LogP contribution in [-0.2, 0) is 0 Å². The third-order valence-electron chi connectivity index (χ3n) is 9.25. The minimum Gasteiger partial charge on any atom is -0.493 e. The first-order valence-electron chi connectivity index (χ1n) is 16.9. The molecule has 3 aromatic rings. The Kier molecular flexibility index (Phi) is 11.6. The fourth-order valence-electron chi connectivity index (χ4n) is 6.65. The molecule has 0 spiro atoms. The van der Waals surface area contributed by atoms with Crippen molar-refractivity contribution in [3.63, 3.8) is 0 Å². The highest BCUT2D eigenvalue weighted by Gasteiger charge is 2.50. The molecule has 5 rings (SSSR count). The van der Waals surface area contributed by atoms with E-state index in [0.717, 1.165) is 63.7 Å². The maximum Gasteiger partial charge on any atom is 0.319 e. The summed E-state index contributed by atoms with van der Waals surface area (Å²) in [5, 5.41) is 18.0. The Hall–Kier alpha value is -4.28. The van der Waals surface area contributed by atoms with Crippen LogP contribution in [0.15, 0.2) is 66.7 Å². The molecule has 2 heterocycles. The number of ether oxygens (including phenoxy) is 3. The van der Waals surface area contributed by atoms with Crippen molar-refractivity contribution in [2.24, 2.45) is 0 Å². The molecule has 2 aliphatic heterocycles. The molecule has 10 heteroatoms. The molecule has 2 atom stereocenters. The summed E-state index contributed by atoms with van der Waals surface area (Å²) in [5.74, 6) is 2.08. The molecule has 0 saturated carbocycles. The van der Waals surface area contributed by atoms with Crippen LogP contribution < -0.4 is 30.2 Å². The maximum atomic E-state index is 13.0. The molecule has 2 bridgehead atoms. The average molecular weight is 645 g/mol. The number of rotatable bonds is 15. The Morgan fingerprint density at radius 3 is 2.32 bits per heavy atom. The van der Waals surface area contributed by atoms with Crippen molar-refractivity contribution < 1.29 is 28.9 Å². The Morgan fingerprint density at radius 1 is 0.894 bits per heavy atom. The lowest BCUT2D eigenvalue weighted by atomic mass is 9.99. The van der Waals surface area contributed by atoms with Crippen LogP contribution in [0, 0.1) is 0 Å².